The number of hydrogen-bond donors (Lipinski definition) is 1. The molecule has 0 bridgehead atoms. The Morgan fingerprint density at radius 2 is 1.86 bits per heavy atom. The van der Waals surface area contributed by atoms with Crippen LogP contribution in [0.3, 0.4) is 0 Å². The van der Waals surface area contributed by atoms with E-state index in [-0.39, 0.29) is 6.10 Å². The van der Waals surface area contributed by atoms with E-state index in [0.29, 0.717) is 10.2 Å². The zero-order chi connectivity index (χ0) is 23.8. The fraction of sp³-hybridized carbons (Fsp3) is 0.231. The molecular weight excluding hydrogens is 498 g/mol. The van der Waals surface area contributed by atoms with Gasteiger partial charge in [-0.3, -0.25) is 9.80 Å². The highest BCUT2D eigenvalue weighted by molar-refractivity contribution is 7.99. The van der Waals surface area contributed by atoms with Gasteiger partial charge < -0.3 is 10.5 Å². The number of piperidine rings is 1. The van der Waals surface area contributed by atoms with Gasteiger partial charge in [-0.25, -0.2) is 9.97 Å². The minimum atomic E-state index is 0.219. The lowest BCUT2D eigenvalue weighted by atomic mass is 10.1. The lowest BCUT2D eigenvalue weighted by Gasteiger charge is -2.32. The van der Waals surface area contributed by atoms with Gasteiger partial charge in [-0.2, -0.15) is 0 Å². The zero-order valence-electron chi connectivity index (χ0n) is 18.9. The van der Waals surface area contributed by atoms with Gasteiger partial charge in [0.15, 0.2) is 10.9 Å². The molecule has 0 radical (unpaired) electrons. The summed E-state index contributed by atoms with van der Waals surface area (Å²) in [7, 11) is 0. The summed E-state index contributed by atoms with van der Waals surface area (Å²) in [6.45, 7) is 2.92. The Morgan fingerprint density at radius 1 is 1.03 bits per heavy atom. The number of halogens is 1. The van der Waals surface area contributed by atoms with Crippen LogP contribution in [0.5, 0.6) is 5.75 Å². The molecule has 6 nitrogen and oxygen atoms in total. The van der Waals surface area contributed by atoms with E-state index in [0.717, 1.165) is 65.2 Å². The maximum atomic E-state index is 6.36. The Bertz CT molecular complexity index is 1340. The molecule has 0 spiro atoms. The Balaban J connectivity index is 1.15. The summed E-state index contributed by atoms with van der Waals surface area (Å²) in [6.07, 6.45) is 5.93. The van der Waals surface area contributed by atoms with Gasteiger partial charge in [0.25, 0.3) is 0 Å². The SMILES string of the molecule is Nc1ncc(CN2CCC(Oc3ccc(N4c5cc(Cl)ccc5Sc5cccnc54)cc3)CC2)s1. The molecule has 6 rings (SSSR count). The maximum absolute atomic E-state index is 6.36. The van der Waals surface area contributed by atoms with Crippen molar-refractivity contribution in [3.05, 3.63) is 76.9 Å². The van der Waals surface area contributed by atoms with Gasteiger partial charge in [-0.1, -0.05) is 23.4 Å². The number of ether oxygens (including phenoxy) is 1. The van der Waals surface area contributed by atoms with Crippen LogP contribution in [0.4, 0.5) is 22.3 Å². The largest absolute Gasteiger partial charge is 0.490 e. The molecule has 2 aliphatic heterocycles. The first-order valence-electron chi connectivity index (χ1n) is 11.5. The number of nitrogens with zero attached hydrogens (tertiary/aromatic N) is 4. The van der Waals surface area contributed by atoms with Crippen molar-refractivity contribution >= 4 is 57.0 Å². The third kappa shape index (κ3) is 4.84. The van der Waals surface area contributed by atoms with Crippen LogP contribution in [-0.2, 0) is 6.54 Å². The second-order valence-electron chi connectivity index (χ2n) is 8.63. The van der Waals surface area contributed by atoms with Crippen LogP contribution in [-0.4, -0.2) is 34.1 Å². The van der Waals surface area contributed by atoms with Gasteiger partial charge in [0.1, 0.15) is 11.9 Å². The first-order valence-corrected chi connectivity index (χ1v) is 13.6. The van der Waals surface area contributed by atoms with E-state index in [1.807, 2.05) is 30.6 Å². The molecule has 4 heterocycles. The highest BCUT2D eigenvalue weighted by Gasteiger charge is 2.26. The molecule has 0 amide bonds. The van der Waals surface area contributed by atoms with Crippen LogP contribution < -0.4 is 15.4 Å². The number of nitrogens with two attached hydrogens (primary N) is 1. The molecule has 2 N–H and O–H groups in total. The van der Waals surface area contributed by atoms with Crippen LogP contribution in [0.2, 0.25) is 5.02 Å². The predicted octanol–water partition coefficient (Wildman–Crippen LogP) is 6.75. The molecule has 4 aromatic rings. The molecule has 35 heavy (non-hydrogen) atoms. The Morgan fingerprint density at radius 3 is 2.63 bits per heavy atom. The molecule has 1 fully saturated rings. The van der Waals surface area contributed by atoms with Crippen LogP contribution in [0.15, 0.2) is 76.8 Å². The monoisotopic (exact) mass is 521 g/mol. The molecule has 1 saturated heterocycles. The molecule has 178 valence electrons. The van der Waals surface area contributed by atoms with E-state index in [1.54, 1.807) is 23.1 Å². The van der Waals surface area contributed by atoms with Crippen molar-refractivity contribution in [2.45, 2.75) is 35.3 Å². The average Bonchev–Trinajstić information content (AvgIpc) is 3.29. The first kappa shape index (κ1) is 22.7. The van der Waals surface area contributed by atoms with Crippen molar-refractivity contribution in [2.75, 3.05) is 23.7 Å². The van der Waals surface area contributed by atoms with E-state index in [4.69, 9.17) is 22.1 Å². The van der Waals surface area contributed by atoms with Crippen molar-refractivity contribution in [3.8, 4) is 5.75 Å². The van der Waals surface area contributed by atoms with Gasteiger partial charge in [0, 0.05) is 52.5 Å². The fourth-order valence-corrected chi connectivity index (χ4v) is 6.45. The molecular formula is C26H24ClN5OS2. The Labute approximate surface area is 217 Å². The van der Waals surface area contributed by atoms with E-state index in [2.05, 4.69) is 56.2 Å². The smallest absolute Gasteiger partial charge is 0.180 e. The maximum Gasteiger partial charge on any atom is 0.180 e. The van der Waals surface area contributed by atoms with Gasteiger partial charge in [0.2, 0.25) is 0 Å². The van der Waals surface area contributed by atoms with E-state index in [9.17, 15) is 0 Å². The number of benzene rings is 2. The standard InChI is InChI=1S/C26H24ClN5OS2/c27-17-3-8-23-22(14-17)32(25-24(35-23)2-1-11-29-25)18-4-6-19(7-5-18)33-20-9-12-31(13-10-20)16-21-15-30-26(28)34-21/h1-8,11,14-15,20H,9-10,12-13,16H2,(H2,28,30). The summed E-state index contributed by atoms with van der Waals surface area (Å²) in [5.74, 6) is 1.80. The molecule has 2 aromatic heterocycles. The van der Waals surface area contributed by atoms with Crippen LogP contribution >= 0.6 is 34.7 Å². The Hall–Kier alpha value is -2.78. The fourth-order valence-electron chi connectivity index (χ4n) is 4.54. The van der Waals surface area contributed by atoms with Gasteiger partial charge in [-0.15, -0.1) is 11.3 Å². The molecule has 2 aromatic carbocycles. The van der Waals surface area contributed by atoms with Crippen LogP contribution in [0, 0.1) is 0 Å². The number of aromatic nitrogens is 2. The number of hydrogen-bond acceptors (Lipinski definition) is 8. The number of anilines is 4. The average molecular weight is 522 g/mol. The first-order chi connectivity index (χ1) is 17.1. The number of thiazole rings is 1. The number of rotatable bonds is 5. The normalized spacial score (nSPS) is 16.1. The summed E-state index contributed by atoms with van der Waals surface area (Å²) in [6, 6.07) is 18.4. The summed E-state index contributed by atoms with van der Waals surface area (Å²) >= 11 is 9.64. The number of likely N-dealkylation sites (tertiary alicyclic amines) is 1. The molecule has 0 saturated carbocycles. The predicted molar refractivity (Wildman–Crippen MR) is 144 cm³/mol. The van der Waals surface area contributed by atoms with Crippen LogP contribution in [0.1, 0.15) is 17.7 Å². The third-order valence-electron chi connectivity index (χ3n) is 6.23. The van der Waals surface area contributed by atoms with E-state index >= 15 is 0 Å². The van der Waals surface area contributed by atoms with Crippen molar-refractivity contribution in [1.82, 2.24) is 14.9 Å². The van der Waals surface area contributed by atoms with Crippen molar-refractivity contribution < 1.29 is 4.74 Å². The van der Waals surface area contributed by atoms with E-state index in [1.165, 1.54) is 4.88 Å². The highest BCUT2D eigenvalue weighted by atomic mass is 35.5. The van der Waals surface area contributed by atoms with Gasteiger partial charge in [-0.05, 0) is 67.4 Å². The third-order valence-corrected chi connectivity index (χ3v) is 8.38. The minimum Gasteiger partial charge on any atom is -0.490 e. The second kappa shape index (κ2) is 9.70. The van der Waals surface area contributed by atoms with Crippen molar-refractivity contribution in [3.63, 3.8) is 0 Å². The highest BCUT2D eigenvalue weighted by Crippen LogP contribution is 2.51. The molecule has 9 heteroatoms. The summed E-state index contributed by atoms with van der Waals surface area (Å²) < 4.78 is 6.34. The second-order valence-corrected chi connectivity index (χ2v) is 11.3. The zero-order valence-corrected chi connectivity index (χ0v) is 21.3. The minimum absolute atomic E-state index is 0.219. The lowest BCUT2D eigenvalue weighted by molar-refractivity contribution is 0.0973. The molecule has 0 aliphatic carbocycles. The lowest BCUT2D eigenvalue weighted by Crippen LogP contribution is -2.37. The summed E-state index contributed by atoms with van der Waals surface area (Å²) in [4.78, 5) is 16.9. The topological polar surface area (TPSA) is 67.5 Å². The number of pyridine rings is 1. The Kier molecular flexibility index (Phi) is 6.28. The van der Waals surface area contributed by atoms with Gasteiger partial charge >= 0.3 is 0 Å². The molecule has 0 atom stereocenters. The van der Waals surface area contributed by atoms with Crippen molar-refractivity contribution in [1.29, 1.82) is 0 Å². The van der Waals surface area contributed by atoms with Crippen LogP contribution in [0.25, 0.3) is 0 Å². The quantitative estimate of drug-likeness (QED) is 0.274. The van der Waals surface area contributed by atoms with Gasteiger partial charge in [0.05, 0.1) is 10.6 Å². The van der Waals surface area contributed by atoms with E-state index < -0.39 is 0 Å². The number of fused-ring (bicyclic) bond motifs is 2. The summed E-state index contributed by atoms with van der Waals surface area (Å²) in [5, 5.41) is 1.34. The number of nitrogen functional groups attached to an aromatic ring is 1. The van der Waals surface area contributed by atoms with Crippen molar-refractivity contribution in [2.24, 2.45) is 0 Å². The molecule has 0 unspecified atom stereocenters. The molecule has 2 aliphatic rings. The summed E-state index contributed by atoms with van der Waals surface area (Å²) in [5.41, 5.74) is 7.83.